The molecule has 0 spiro atoms. The van der Waals surface area contributed by atoms with Gasteiger partial charge in [0.1, 0.15) is 0 Å². The highest BCUT2D eigenvalue weighted by Crippen LogP contribution is 2.19. The van der Waals surface area contributed by atoms with Crippen molar-refractivity contribution in [2.45, 2.75) is 26.3 Å². The van der Waals surface area contributed by atoms with E-state index in [-0.39, 0.29) is 11.7 Å². The van der Waals surface area contributed by atoms with E-state index in [9.17, 15) is 4.79 Å². The number of rotatable bonds is 3. The SMILES string of the molecule is CC(C)n1oc(=O)c2c(CCN)cccc21. The van der Waals surface area contributed by atoms with E-state index in [1.54, 1.807) is 4.74 Å². The minimum atomic E-state index is -0.271. The number of nitrogens with zero attached hydrogens (tertiary/aromatic N) is 1. The standard InChI is InChI=1S/C12H16N2O2/c1-8(2)14-10-5-3-4-9(6-7-13)11(10)12(15)16-14/h3-5,8H,6-7,13H2,1-2H3. The molecule has 2 N–H and O–H groups in total. The molecule has 0 amide bonds. The number of benzene rings is 1. The second kappa shape index (κ2) is 4.14. The van der Waals surface area contributed by atoms with E-state index in [4.69, 9.17) is 10.3 Å². The molecule has 16 heavy (non-hydrogen) atoms. The van der Waals surface area contributed by atoms with Gasteiger partial charge in [-0.3, -0.25) is 0 Å². The first-order chi connectivity index (χ1) is 7.65. The quantitative estimate of drug-likeness (QED) is 0.856. The molecule has 86 valence electrons. The molecule has 0 unspecified atom stereocenters. The van der Waals surface area contributed by atoms with Gasteiger partial charge in [0.25, 0.3) is 0 Å². The molecular formula is C12H16N2O2. The van der Waals surface area contributed by atoms with E-state index < -0.39 is 0 Å². The first-order valence-corrected chi connectivity index (χ1v) is 5.48. The first-order valence-electron chi connectivity index (χ1n) is 5.48. The molecule has 0 fully saturated rings. The van der Waals surface area contributed by atoms with E-state index >= 15 is 0 Å². The van der Waals surface area contributed by atoms with Gasteiger partial charge < -0.3 is 10.3 Å². The third-order valence-corrected chi connectivity index (χ3v) is 2.63. The fourth-order valence-electron chi connectivity index (χ4n) is 1.94. The van der Waals surface area contributed by atoms with Crippen LogP contribution in [0.1, 0.15) is 25.5 Å². The van der Waals surface area contributed by atoms with Crippen molar-refractivity contribution in [3.05, 3.63) is 34.2 Å². The molecule has 1 aromatic heterocycles. The van der Waals surface area contributed by atoms with Gasteiger partial charge >= 0.3 is 5.63 Å². The zero-order valence-electron chi connectivity index (χ0n) is 9.56. The number of aromatic nitrogens is 1. The summed E-state index contributed by atoms with van der Waals surface area (Å²) < 4.78 is 6.88. The van der Waals surface area contributed by atoms with Crippen molar-refractivity contribution in [1.29, 1.82) is 0 Å². The van der Waals surface area contributed by atoms with Crippen LogP contribution in [0.5, 0.6) is 0 Å². The number of hydrogen-bond donors (Lipinski definition) is 1. The van der Waals surface area contributed by atoms with E-state index in [2.05, 4.69) is 0 Å². The van der Waals surface area contributed by atoms with Crippen molar-refractivity contribution < 1.29 is 4.52 Å². The highest BCUT2D eigenvalue weighted by molar-refractivity contribution is 5.81. The van der Waals surface area contributed by atoms with Gasteiger partial charge in [-0.25, -0.2) is 9.53 Å². The molecule has 2 aromatic rings. The smallest absolute Gasteiger partial charge is 0.335 e. The van der Waals surface area contributed by atoms with E-state index in [0.29, 0.717) is 18.4 Å². The van der Waals surface area contributed by atoms with Crippen LogP contribution in [0.2, 0.25) is 0 Å². The van der Waals surface area contributed by atoms with Crippen LogP contribution in [0.25, 0.3) is 10.9 Å². The van der Waals surface area contributed by atoms with Crippen molar-refractivity contribution >= 4 is 10.9 Å². The monoisotopic (exact) mass is 220 g/mol. The molecule has 4 nitrogen and oxygen atoms in total. The van der Waals surface area contributed by atoms with Gasteiger partial charge in [-0.2, -0.15) is 0 Å². The second-order valence-electron chi connectivity index (χ2n) is 4.15. The maximum Gasteiger partial charge on any atom is 0.365 e. The lowest BCUT2D eigenvalue weighted by Crippen LogP contribution is -2.05. The van der Waals surface area contributed by atoms with Gasteiger partial charge in [-0.1, -0.05) is 12.1 Å². The average Bonchev–Trinajstić information content (AvgIpc) is 2.58. The summed E-state index contributed by atoms with van der Waals surface area (Å²) in [5, 5.41) is 0.668. The summed E-state index contributed by atoms with van der Waals surface area (Å²) >= 11 is 0. The summed E-state index contributed by atoms with van der Waals surface area (Å²) in [6.45, 7) is 4.50. The lowest BCUT2D eigenvalue weighted by molar-refractivity contribution is 0.234. The minimum absolute atomic E-state index is 0.137. The summed E-state index contributed by atoms with van der Waals surface area (Å²) in [6, 6.07) is 5.90. The molecule has 0 aliphatic carbocycles. The molecule has 2 rings (SSSR count). The van der Waals surface area contributed by atoms with E-state index in [0.717, 1.165) is 11.1 Å². The molecule has 4 heteroatoms. The number of nitrogens with two attached hydrogens (primary N) is 1. The first kappa shape index (κ1) is 11.0. The van der Waals surface area contributed by atoms with Crippen molar-refractivity contribution in [2.75, 3.05) is 6.54 Å². The summed E-state index contributed by atoms with van der Waals surface area (Å²) in [5.74, 6) is 0. The topological polar surface area (TPSA) is 61.2 Å². The maximum atomic E-state index is 11.8. The van der Waals surface area contributed by atoms with Crippen LogP contribution < -0.4 is 11.4 Å². The molecule has 0 bridgehead atoms. The normalized spacial score (nSPS) is 11.5. The van der Waals surface area contributed by atoms with Crippen LogP contribution in [0.3, 0.4) is 0 Å². The van der Waals surface area contributed by atoms with Crippen molar-refractivity contribution in [1.82, 2.24) is 4.74 Å². The van der Waals surface area contributed by atoms with Gasteiger partial charge in [-0.05, 0) is 38.4 Å². The van der Waals surface area contributed by atoms with Gasteiger partial charge in [0.15, 0.2) is 0 Å². The Morgan fingerprint density at radius 3 is 2.81 bits per heavy atom. The summed E-state index contributed by atoms with van der Waals surface area (Å²) in [5.41, 5.74) is 7.08. The molecule has 0 aliphatic rings. The molecule has 0 radical (unpaired) electrons. The fraction of sp³-hybridized carbons (Fsp3) is 0.417. The lowest BCUT2D eigenvalue weighted by atomic mass is 10.1. The van der Waals surface area contributed by atoms with Crippen LogP contribution >= 0.6 is 0 Å². The van der Waals surface area contributed by atoms with E-state index in [1.807, 2.05) is 32.0 Å². The lowest BCUT2D eigenvalue weighted by Gasteiger charge is -2.06. The van der Waals surface area contributed by atoms with Gasteiger partial charge in [0.05, 0.1) is 16.9 Å². The third kappa shape index (κ3) is 1.65. The Morgan fingerprint density at radius 2 is 2.19 bits per heavy atom. The zero-order valence-corrected chi connectivity index (χ0v) is 9.56. The van der Waals surface area contributed by atoms with Crippen LogP contribution in [0, 0.1) is 0 Å². The summed E-state index contributed by atoms with van der Waals surface area (Å²) in [7, 11) is 0. The maximum absolute atomic E-state index is 11.8. The molecule has 1 aromatic carbocycles. The molecule has 0 aliphatic heterocycles. The Hall–Kier alpha value is -1.55. The van der Waals surface area contributed by atoms with Crippen LogP contribution in [0.15, 0.2) is 27.5 Å². The Morgan fingerprint density at radius 1 is 1.44 bits per heavy atom. The molecular weight excluding hydrogens is 204 g/mol. The Kier molecular flexibility index (Phi) is 2.83. The molecule has 1 heterocycles. The highest BCUT2D eigenvalue weighted by atomic mass is 16.5. The predicted octanol–water partition coefficient (Wildman–Crippen LogP) is 1.68. The number of fused-ring (bicyclic) bond motifs is 1. The molecule has 0 saturated heterocycles. The molecule has 0 atom stereocenters. The Bertz CT molecular complexity index is 552. The largest absolute Gasteiger partial charge is 0.365 e. The zero-order chi connectivity index (χ0) is 11.7. The Labute approximate surface area is 93.6 Å². The van der Waals surface area contributed by atoms with Crippen molar-refractivity contribution in [2.24, 2.45) is 5.73 Å². The van der Waals surface area contributed by atoms with Crippen LogP contribution in [-0.4, -0.2) is 11.3 Å². The highest BCUT2D eigenvalue weighted by Gasteiger charge is 2.14. The predicted molar refractivity (Wildman–Crippen MR) is 63.6 cm³/mol. The molecule has 0 saturated carbocycles. The van der Waals surface area contributed by atoms with Crippen molar-refractivity contribution in [3.63, 3.8) is 0 Å². The average molecular weight is 220 g/mol. The van der Waals surface area contributed by atoms with Gasteiger partial charge in [0.2, 0.25) is 0 Å². The van der Waals surface area contributed by atoms with E-state index in [1.165, 1.54) is 0 Å². The van der Waals surface area contributed by atoms with Crippen molar-refractivity contribution in [3.8, 4) is 0 Å². The number of hydrogen-bond acceptors (Lipinski definition) is 3. The second-order valence-corrected chi connectivity index (χ2v) is 4.15. The third-order valence-electron chi connectivity index (χ3n) is 2.63. The fourth-order valence-corrected chi connectivity index (χ4v) is 1.94. The van der Waals surface area contributed by atoms with Crippen LogP contribution in [-0.2, 0) is 6.42 Å². The minimum Gasteiger partial charge on any atom is -0.335 e. The van der Waals surface area contributed by atoms with Gasteiger partial charge in [-0.15, -0.1) is 0 Å². The summed E-state index contributed by atoms with van der Waals surface area (Å²) in [6.07, 6.45) is 0.699. The van der Waals surface area contributed by atoms with Gasteiger partial charge in [0, 0.05) is 0 Å². The summed E-state index contributed by atoms with van der Waals surface area (Å²) in [4.78, 5) is 11.8. The Balaban J connectivity index is 2.74. The van der Waals surface area contributed by atoms with Crippen LogP contribution in [0.4, 0.5) is 0 Å².